The summed E-state index contributed by atoms with van der Waals surface area (Å²) in [7, 11) is 5.15. The van der Waals surface area contributed by atoms with E-state index in [4.69, 9.17) is 14.2 Å². The Kier molecular flexibility index (Phi) is 6.78. The minimum absolute atomic E-state index is 0.152. The number of hydrogen-bond donors (Lipinski definition) is 0. The van der Waals surface area contributed by atoms with E-state index in [0.29, 0.717) is 35.0 Å². The first-order valence-electron chi connectivity index (χ1n) is 10.0. The van der Waals surface area contributed by atoms with Crippen LogP contribution >= 0.6 is 23.5 Å². The largest absolute Gasteiger partial charge is 0.481 e. The molecular formula is C21H24N4O7S2. The highest BCUT2D eigenvalue weighted by Crippen LogP contribution is 2.62. The van der Waals surface area contributed by atoms with Crippen LogP contribution in [0.3, 0.4) is 0 Å². The molecule has 3 heterocycles. The van der Waals surface area contributed by atoms with Gasteiger partial charge in [-0.2, -0.15) is 5.26 Å². The molecule has 0 radical (unpaired) electrons. The van der Waals surface area contributed by atoms with Crippen molar-refractivity contribution in [1.82, 2.24) is 14.8 Å². The molecule has 0 N–H and O–H groups in total. The average molecular weight is 509 g/mol. The van der Waals surface area contributed by atoms with Crippen LogP contribution in [-0.2, 0) is 19.1 Å². The van der Waals surface area contributed by atoms with Crippen molar-refractivity contribution in [3.8, 4) is 11.9 Å². The van der Waals surface area contributed by atoms with Crippen molar-refractivity contribution in [2.24, 2.45) is 5.41 Å². The first kappa shape index (κ1) is 25.6. The van der Waals surface area contributed by atoms with Crippen molar-refractivity contribution in [1.29, 1.82) is 5.26 Å². The molecule has 1 aromatic rings. The van der Waals surface area contributed by atoms with Crippen molar-refractivity contribution in [3.05, 3.63) is 23.9 Å². The van der Waals surface area contributed by atoms with Crippen LogP contribution in [0.5, 0.6) is 5.88 Å². The summed E-state index contributed by atoms with van der Waals surface area (Å²) in [5.74, 6) is -0.935. The number of thioether (sulfide) groups is 2. The summed E-state index contributed by atoms with van der Waals surface area (Å²) in [6.45, 7) is 3.04. The summed E-state index contributed by atoms with van der Waals surface area (Å²) in [5, 5.41) is 8.64. The molecule has 1 unspecified atom stereocenters. The second-order valence-electron chi connectivity index (χ2n) is 8.16. The number of methoxy groups -OCH3 is 3. The van der Waals surface area contributed by atoms with Gasteiger partial charge >= 0.3 is 10.6 Å². The van der Waals surface area contributed by atoms with E-state index in [1.54, 1.807) is 19.1 Å². The standard InChI is InChI=1S/C21H24N4O7S2/c1-19(11-22)10-21(34-18(29)32-6)16(27)24(3)20(2,33-17(28)31-5)15(26)25(21)14(19)12-7-8-13(30-4)23-9-12/h7-9,14H,10H2,1-6H3/t14-,19+,20-,21?/m0/s1. The number of ether oxygens (including phenoxy) is 3. The highest BCUT2D eigenvalue weighted by molar-refractivity contribution is 8.15. The fourth-order valence-corrected chi connectivity index (χ4v) is 6.43. The third kappa shape index (κ3) is 3.74. The Bertz CT molecular complexity index is 1080. The summed E-state index contributed by atoms with van der Waals surface area (Å²) >= 11 is 1.07. The van der Waals surface area contributed by atoms with Crippen molar-refractivity contribution in [3.63, 3.8) is 0 Å². The molecule has 0 aromatic carbocycles. The number of fused-ring (bicyclic) bond motifs is 1. The Labute approximate surface area is 205 Å². The number of hydrogen-bond acceptors (Lipinski definition) is 11. The van der Waals surface area contributed by atoms with E-state index in [9.17, 15) is 24.4 Å². The Hall–Kier alpha value is -2.98. The van der Waals surface area contributed by atoms with Crippen LogP contribution in [0, 0.1) is 16.7 Å². The molecule has 2 amide bonds. The molecule has 4 atom stereocenters. The second-order valence-corrected chi connectivity index (χ2v) is 10.7. The summed E-state index contributed by atoms with van der Waals surface area (Å²) in [4.78, 5) is 55.7. The van der Waals surface area contributed by atoms with Crippen molar-refractivity contribution >= 4 is 45.9 Å². The highest BCUT2D eigenvalue weighted by atomic mass is 32.2. The first-order chi connectivity index (χ1) is 15.9. The summed E-state index contributed by atoms with van der Waals surface area (Å²) in [5.41, 5.74) is -0.821. The molecule has 3 rings (SSSR count). The van der Waals surface area contributed by atoms with Crippen LogP contribution in [0.15, 0.2) is 18.3 Å². The fourth-order valence-electron chi connectivity index (χ4n) is 4.37. The van der Waals surface area contributed by atoms with E-state index >= 15 is 0 Å². The zero-order valence-corrected chi connectivity index (χ0v) is 21.1. The van der Waals surface area contributed by atoms with E-state index in [1.165, 1.54) is 39.3 Å². The Morgan fingerprint density at radius 1 is 1.12 bits per heavy atom. The number of pyridine rings is 1. The number of carbonyl (C=O) groups is 4. The van der Waals surface area contributed by atoms with Gasteiger partial charge in [0.1, 0.15) is 0 Å². The molecule has 1 aromatic heterocycles. The highest BCUT2D eigenvalue weighted by Gasteiger charge is 2.72. The molecule has 13 heteroatoms. The minimum Gasteiger partial charge on any atom is -0.481 e. The maximum Gasteiger partial charge on any atom is 0.369 e. The van der Waals surface area contributed by atoms with Crippen LogP contribution in [-0.4, -0.2) is 75.3 Å². The molecule has 2 fully saturated rings. The number of carbonyl (C=O) groups excluding carboxylic acids is 4. The minimum atomic E-state index is -1.77. The second kappa shape index (κ2) is 8.99. The van der Waals surface area contributed by atoms with E-state index in [-0.39, 0.29) is 6.42 Å². The fraction of sp³-hybridized carbons (Fsp3) is 0.524. The van der Waals surface area contributed by atoms with Crippen LogP contribution in [0.25, 0.3) is 0 Å². The number of rotatable bonds is 4. The van der Waals surface area contributed by atoms with Crippen molar-refractivity contribution in [2.45, 2.75) is 36.1 Å². The van der Waals surface area contributed by atoms with E-state index < -0.39 is 43.6 Å². The lowest BCUT2D eigenvalue weighted by Crippen LogP contribution is -2.71. The summed E-state index contributed by atoms with van der Waals surface area (Å²) in [6.07, 6.45) is 1.31. The van der Waals surface area contributed by atoms with Crippen LogP contribution in [0.1, 0.15) is 31.9 Å². The van der Waals surface area contributed by atoms with Crippen LogP contribution in [0.4, 0.5) is 9.59 Å². The maximum atomic E-state index is 14.1. The third-order valence-electron chi connectivity index (χ3n) is 6.16. The predicted octanol–water partition coefficient (Wildman–Crippen LogP) is 2.78. The smallest absolute Gasteiger partial charge is 0.369 e. The lowest BCUT2D eigenvalue weighted by atomic mass is 9.80. The maximum absolute atomic E-state index is 14.1. The predicted molar refractivity (Wildman–Crippen MR) is 123 cm³/mol. The van der Waals surface area contributed by atoms with Crippen LogP contribution in [0.2, 0.25) is 0 Å². The van der Waals surface area contributed by atoms with Gasteiger partial charge in [0, 0.05) is 25.7 Å². The molecule has 2 aliphatic rings. The Morgan fingerprint density at radius 3 is 2.24 bits per heavy atom. The molecular weight excluding hydrogens is 484 g/mol. The molecule has 0 saturated carbocycles. The lowest BCUT2D eigenvalue weighted by Gasteiger charge is -2.52. The summed E-state index contributed by atoms with van der Waals surface area (Å²) in [6, 6.07) is 4.49. The quantitative estimate of drug-likeness (QED) is 0.555. The summed E-state index contributed by atoms with van der Waals surface area (Å²) < 4.78 is 14.6. The number of nitrogens with zero attached hydrogens (tertiary/aromatic N) is 4. The van der Waals surface area contributed by atoms with Gasteiger partial charge in [0.05, 0.1) is 38.9 Å². The normalized spacial score (nSPS) is 30.4. The molecule has 2 aliphatic heterocycles. The van der Waals surface area contributed by atoms with Crippen molar-refractivity contribution in [2.75, 3.05) is 28.4 Å². The van der Waals surface area contributed by atoms with Gasteiger partial charge in [0.25, 0.3) is 11.8 Å². The number of aromatic nitrogens is 1. The third-order valence-corrected chi connectivity index (χ3v) is 8.53. The number of piperazine rings is 1. The van der Waals surface area contributed by atoms with Gasteiger partial charge in [-0.25, -0.2) is 14.6 Å². The monoisotopic (exact) mass is 508 g/mol. The number of nitriles is 1. The molecule has 182 valence electrons. The molecule has 34 heavy (non-hydrogen) atoms. The molecule has 0 spiro atoms. The SMILES string of the molecule is COC(=O)SC12C[C@](C)(C#N)[C@H](c3ccc(OC)nc3)N1C(=O)[C@](C)(SC(=O)OC)N(C)C2=O. The van der Waals surface area contributed by atoms with Gasteiger partial charge in [-0.3, -0.25) is 9.59 Å². The van der Waals surface area contributed by atoms with Gasteiger partial charge < -0.3 is 24.0 Å². The molecule has 0 aliphatic carbocycles. The lowest BCUT2D eigenvalue weighted by molar-refractivity contribution is -0.163. The van der Waals surface area contributed by atoms with Gasteiger partial charge in [-0.1, -0.05) is 0 Å². The molecule has 0 bridgehead atoms. The van der Waals surface area contributed by atoms with Gasteiger partial charge in [0.15, 0.2) is 9.74 Å². The Balaban J connectivity index is 2.27. The zero-order chi connectivity index (χ0) is 25.5. The van der Waals surface area contributed by atoms with Gasteiger partial charge in [-0.15, -0.1) is 0 Å². The van der Waals surface area contributed by atoms with Gasteiger partial charge in [0.2, 0.25) is 5.88 Å². The first-order valence-corrected chi connectivity index (χ1v) is 11.6. The van der Waals surface area contributed by atoms with E-state index in [1.807, 2.05) is 0 Å². The van der Waals surface area contributed by atoms with Crippen molar-refractivity contribution < 1.29 is 33.4 Å². The van der Waals surface area contributed by atoms with Gasteiger partial charge in [-0.05, 0) is 49.0 Å². The average Bonchev–Trinajstić information content (AvgIpc) is 3.11. The molecule has 2 saturated heterocycles. The van der Waals surface area contributed by atoms with Crippen LogP contribution < -0.4 is 4.74 Å². The zero-order valence-electron chi connectivity index (χ0n) is 19.5. The van der Waals surface area contributed by atoms with E-state index in [0.717, 1.165) is 12.0 Å². The Morgan fingerprint density at radius 2 is 1.74 bits per heavy atom. The number of likely N-dealkylation sites (N-methyl/N-ethyl adjacent to an activating group) is 1. The molecule has 11 nitrogen and oxygen atoms in total. The number of amides is 2. The van der Waals surface area contributed by atoms with E-state index in [2.05, 4.69) is 11.1 Å². The topological polar surface area (TPSA) is 139 Å².